The number of ether oxygens (including phenoxy) is 1. The smallest absolute Gasteiger partial charge is 0.0824 e. The van der Waals surface area contributed by atoms with Gasteiger partial charge in [0, 0.05) is 12.7 Å². The minimum Gasteiger partial charge on any atom is -0.504 e. The maximum absolute atomic E-state index is 4.71. The van der Waals surface area contributed by atoms with E-state index in [0.29, 0.717) is 0 Å². The third-order valence-electron chi connectivity index (χ3n) is 1.18. The summed E-state index contributed by atoms with van der Waals surface area (Å²) in [6.45, 7) is 2.00. The van der Waals surface area contributed by atoms with Gasteiger partial charge in [-0.25, -0.2) is 0 Å². The molecule has 1 N–H and O–H groups in total. The molecular formula is C9H15NO. The van der Waals surface area contributed by atoms with Crippen LogP contribution in [-0.4, -0.2) is 14.2 Å². The van der Waals surface area contributed by atoms with Gasteiger partial charge >= 0.3 is 0 Å². The molecule has 0 aromatic carbocycles. The Morgan fingerprint density at radius 3 is 2.55 bits per heavy atom. The zero-order valence-electron chi connectivity index (χ0n) is 7.29. The summed E-state index contributed by atoms with van der Waals surface area (Å²) in [6.07, 6.45) is 9.30. The van der Waals surface area contributed by atoms with Crippen LogP contribution in [0.5, 0.6) is 0 Å². The number of allylic oxidation sites excluding steroid dienone is 5. The normalized spacial score (nSPS) is 12.8. The molecule has 0 heterocycles. The summed E-state index contributed by atoms with van der Waals surface area (Å²) in [5.74, 6) is 0. The summed E-state index contributed by atoms with van der Waals surface area (Å²) in [5.41, 5.74) is 1.13. The molecule has 0 saturated carbocycles. The highest BCUT2D eigenvalue weighted by atomic mass is 16.5. The van der Waals surface area contributed by atoms with Crippen LogP contribution in [0.25, 0.3) is 0 Å². The molecular weight excluding hydrogens is 138 g/mol. The lowest BCUT2D eigenvalue weighted by atomic mass is 10.4. The first-order valence-corrected chi connectivity index (χ1v) is 3.52. The van der Waals surface area contributed by atoms with Gasteiger partial charge in [0.2, 0.25) is 0 Å². The van der Waals surface area contributed by atoms with Gasteiger partial charge in [-0.2, -0.15) is 0 Å². The fourth-order valence-electron chi connectivity index (χ4n) is 0.471. The van der Waals surface area contributed by atoms with Crippen molar-refractivity contribution in [1.29, 1.82) is 0 Å². The lowest BCUT2D eigenvalue weighted by Crippen LogP contribution is -2.00. The minimum absolute atomic E-state index is 1.13. The molecule has 0 aromatic rings. The maximum Gasteiger partial charge on any atom is 0.0824 e. The lowest BCUT2D eigenvalue weighted by Gasteiger charge is -1.93. The van der Waals surface area contributed by atoms with Crippen LogP contribution in [0, 0.1) is 0 Å². The van der Waals surface area contributed by atoms with E-state index in [0.717, 1.165) is 5.70 Å². The van der Waals surface area contributed by atoms with Gasteiger partial charge in [0.05, 0.1) is 13.4 Å². The summed E-state index contributed by atoms with van der Waals surface area (Å²) < 4.78 is 4.71. The maximum atomic E-state index is 4.71. The fraction of sp³-hybridized carbons (Fsp3) is 0.333. The van der Waals surface area contributed by atoms with E-state index in [1.54, 1.807) is 13.4 Å². The van der Waals surface area contributed by atoms with Gasteiger partial charge in [0.1, 0.15) is 0 Å². The summed E-state index contributed by atoms with van der Waals surface area (Å²) in [5, 5.41) is 3.01. The molecule has 0 bridgehead atoms. The highest BCUT2D eigenvalue weighted by molar-refractivity contribution is 5.13. The van der Waals surface area contributed by atoms with Crippen LogP contribution in [0.1, 0.15) is 6.92 Å². The molecule has 0 rings (SSSR count). The first kappa shape index (κ1) is 9.82. The Bertz CT molecular complexity index is 168. The van der Waals surface area contributed by atoms with E-state index >= 15 is 0 Å². The monoisotopic (exact) mass is 153 g/mol. The van der Waals surface area contributed by atoms with Gasteiger partial charge in [-0.05, 0) is 19.1 Å². The number of methoxy groups -OCH3 is 1. The van der Waals surface area contributed by atoms with Crippen molar-refractivity contribution < 1.29 is 4.74 Å². The summed E-state index contributed by atoms with van der Waals surface area (Å²) in [6, 6.07) is 0. The molecule has 0 aliphatic carbocycles. The van der Waals surface area contributed by atoms with E-state index in [2.05, 4.69) is 5.32 Å². The first-order valence-electron chi connectivity index (χ1n) is 3.52. The van der Waals surface area contributed by atoms with Gasteiger partial charge in [-0.15, -0.1) is 0 Å². The van der Waals surface area contributed by atoms with Crippen molar-refractivity contribution in [2.75, 3.05) is 14.2 Å². The quantitative estimate of drug-likeness (QED) is 0.491. The van der Waals surface area contributed by atoms with Gasteiger partial charge < -0.3 is 10.1 Å². The van der Waals surface area contributed by atoms with Crippen molar-refractivity contribution in [3.8, 4) is 0 Å². The second kappa shape index (κ2) is 6.93. The van der Waals surface area contributed by atoms with Crippen LogP contribution >= 0.6 is 0 Å². The molecule has 0 aliphatic heterocycles. The molecule has 0 spiro atoms. The molecule has 0 atom stereocenters. The molecule has 2 nitrogen and oxygen atoms in total. The topological polar surface area (TPSA) is 21.3 Å². The standard InChI is InChI=1S/C9H15NO/c1-9(10-2)7-5-4-6-8-11-3/h4-8,10H,1-3H3/b5-4-,8-6+,9-7+. The van der Waals surface area contributed by atoms with Crippen LogP contribution in [0.15, 0.2) is 36.3 Å². The SMILES string of the molecule is CN/C(C)=C/C=C\C=C\OC. The third kappa shape index (κ3) is 6.71. The van der Waals surface area contributed by atoms with Gasteiger partial charge in [0.15, 0.2) is 0 Å². The summed E-state index contributed by atoms with van der Waals surface area (Å²) in [4.78, 5) is 0. The van der Waals surface area contributed by atoms with Crippen molar-refractivity contribution >= 4 is 0 Å². The molecule has 2 heteroatoms. The van der Waals surface area contributed by atoms with E-state index in [4.69, 9.17) is 4.74 Å². The number of nitrogens with one attached hydrogen (secondary N) is 1. The Morgan fingerprint density at radius 1 is 1.27 bits per heavy atom. The van der Waals surface area contributed by atoms with Gasteiger partial charge in [0.25, 0.3) is 0 Å². The summed E-state index contributed by atoms with van der Waals surface area (Å²) in [7, 11) is 3.52. The molecule has 0 unspecified atom stereocenters. The lowest BCUT2D eigenvalue weighted by molar-refractivity contribution is 0.338. The average molecular weight is 153 g/mol. The van der Waals surface area contributed by atoms with Crippen molar-refractivity contribution in [3.05, 3.63) is 36.3 Å². The average Bonchev–Trinajstić information content (AvgIpc) is 2.04. The molecule has 62 valence electrons. The largest absolute Gasteiger partial charge is 0.504 e. The zero-order chi connectivity index (χ0) is 8.53. The summed E-state index contributed by atoms with van der Waals surface area (Å²) >= 11 is 0. The van der Waals surface area contributed by atoms with Crippen LogP contribution in [0.2, 0.25) is 0 Å². The molecule has 0 saturated heterocycles. The van der Waals surface area contributed by atoms with E-state index in [1.807, 2.05) is 38.3 Å². The van der Waals surface area contributed by atoms with E-state index < -0.39 is 0 Å². The van der Waals surface area contributed by atoms with Crippen molar-refractivity contribution in [1.82, 2.24) is 5.32 Å². The second-order valence-corrected chi connectivity index (χ2v) is 2.05. The predicted octanol–water partition coefficient (Wildman–Crippen LogP) is 1.83. The Hall–Kier alpha value is -1.18. The molecule has 0 aromatic heterocycles. The Labute approximate surface area is 68.3 Å². The molecule has 11 heavy (non-hydrogen) atoms. The molecule has 0 fully saturated rings. The predicted molar refractivity (Wildman–Crippen MR) is 48.1 cm³/mol. The van der Waals surface area contributed by atoms with Crippen LogP contribution in [0.4, 0.5) is 0 Å². The third-order valence-corrected chi connectivity index (χ3v) is 1.18. The van der Waals surface area contributed by atoms with Crippen LogP contribution < -0.4 is 5.32 Å². The number of hydrogen-bond acceptors (Lipinski definition) is 2. The molecule has 0 aliphatic rings. The highest BCUT2D eigenvalue weighted by Gasteiger charge is 1.73. The van der Waals surface area contributed by atoms with Crippen LogP contribution in [-0.2, 0) is 4.74 Å². The number of rotatable bonds is 4. The van der Waals surface area contributed by atoms with Gasteiger partial charge in [-0.1, -0.05) is 12.2 Å². The molecule has 0 radical (unpaired) electrons. The Balaban J connectivity index is 3.67. The van der Waals surface area contributed by atoms with Crippen molar-refractivity contribution in [2.24, 2.45) is 0 Å². The van der Waals surface area contributed by atoms with Gasteiger partial charge in [-0.3, -0.25) is 0 Å². The fourth-order valence-corrected chi connectivity index (χ4v) is 0.471. The Morgan fingerprint density at radius 2 is 2.00 bits per heavy atom. The van der Waals surface area contributed by atoms with E-state index in [1.165, 1.54) is 0 Å². The first-order chi connectivity index (χ1) is 5.31. The Kier molecular flexibility index (Phi) is 6.19. The van der Waals surface area contributed by atoms with Crippen molar-refractivity contribution in [2.45, 2.75) is 6.92 Å². The second-order valence-electron chi connectivity index (χ2n) is 2.05. The van der Waals surface area contributed by atoms with Crippen LogP contribution in [0.3, 0.4) is 0 Å². The van der Waals surface area contributed by atoms with Crippen molar-refractivity contribution in [3.63, 3.8) is 0 Å². The highest BCUT2D eigenvalue weighted by Crippen LogP contribution is 1.86. The minimum atomic E-state index is 1.13. The van der Waals surface area contributed by atoms with E-state index in [9.17, 15) is 0 Å². The number of hydrogen-bond donors (Lipinski definition) is 1. The molecule has 0 amide bonds. The zero-order valence-corrected chi connectivity index (χ0v) is 7.29. The van der Waals surface area contributed by atoms with E-state index in [-0.39, 0.29) is 0 Å².